The fraction of sp³-hybridized carbons (Fsp3) is 0.125. The van der Waals surface area contributed by atoms with Crippen LogP contribution in [-0.2, 0) is 0 Å². The summed E-state index contributed by atoms with van der Waals surface area (Å²) >= 11 is 0. The molecule has 0 aliphatic heterocycles. The first-order valence-electron chi connectivity index (χ1n) is 5.76. The Morgan fingerprint density at radius 1 is 0.824 bits per heavy atom. The molecule has 0 atom stereocenters. The third-order valence-corrected chi connectivity index (χ3v) is 3.09. The lowest BCUT2D eigenvalue weighted by molar-refractivity contribution is 1.14. The second kappa shape index (κ2) is 3.77. The Morgan fingerprint density at radius 2 is 1.59 bits per heavy atom. The van der Waals surface area contributed by atoms with E-state index in [4.69, 9.17) is 0 Å². The number of nitrogens with zero attached hydrogens (tertiary/aromatic N) is 1. The van der Waals surface area contributed by atoms with Gasteiger partial charge in [0.15, 0.2) is 0 Å². The van der Waals surface area contributed by atoms with Gasteiger partial charge < -0.3 is 4.90 Å². The van der Waals surface area contributed by atoms with Crippen molar-refractivity contribution in [1.82, 2.24) is 0 Å². The quantitative estimate of drug-likeness (QED) is 0.563. The van der Waals surface area contributed by atoms with Crippen LogP contribution in [0.5, 0.6) is 0 Å². The molecule has 3 rings (SSSR count). The zero-order valence-electron chi connectivity index (χ0n) is 10.1. The zero-order chi connectivity index (χ0) is 11.8. The van der Waals surface area contributed by atoms with Gasteiger partial charge in [-0.15, -0.1) is 0 Å². The van der Waals surface area contributed by atoms with Gasteiger partial charge in [0, 0.05) is 19.8 Å². The van der Waals surface area contributed by atoms with E-state index < -0.39 is 0 Å². The van der Waals surface area contributed by atoms with E-state index in [2.05, 4.69) is 73.6 Å². The minimum atomic E-state index is 1.18. The first-order chi connectivity index (χ1) is 8.24. The van der Waals surface area contributed by atoms with Crippen molar-refractivity contribution in [3.05, 3.63) is 54.6 Å². The predicted molar refractivity (Wildman–Crippen MR) is 74.6 cm³/mol. The van der Waals surface area contributed by atoms with Crippen LogP contribution in [0.15, 0.2) is 48.5 Å². The molecule has 0 saturated heterocycles. The minimum Gasteiger partial charge on any atom is -0.378 e. The summed E-state index contributed by atoms with van der Waals surface area (Å²) in [5.41, 5.74) is 1.21. The predicted octanol–water partition coefficient (Wildman–Crippen LogP) is 3.86. The second-order valence-corrected chi connectivity index (χ2v) is 4.52. The molecule has 0 aliphatic carbocycles. The van der Waals surface area contributed by atoms with E-state index in [0.717, 1.165) is 0 Å². The van der Waals surface area contributed by atoms with Crippen LogP contribution in [0.3, 0.4) is 0 Å². The van der Waals surface area contributed by atoms with Gasteiger partial charge in [-0.1, -0.05) is 30.3 Å². The number of fused-ring (bicyclic) bond motifs is 2. The SMILES string of the molecule is CN(C)c1ccc2cc3ccccc3[c]c2c1. The van der Waals surface area contributed by atoms with E-state index >= 15 is 0 Å². The Kier molecular flexibility index (Phi) is 2.25. The maximum atomic E-state index is 3.48. The summed E-state index contributed by atoms with van der Waals surface area (Å²) in [5.74, 6) is 0. The summed E-state index contributed by atoms with van der Waals surface area (Å²) < 4.78 is 0. The molecule has 0 amide bonds. The summed E-state index contributed by atoms with van der Waals surface area (Å²) in [6.07, 6.45) is 0. The maximum absolute atomic E-state index is 3.48. The summed E-state index contributed by atoms with van der Waals surface area (Å²) in [7, 11) is 4.12. The Morgan fingerprint density at radius 3 is 2.41 bits per heavy atom. The summed E-state index contributed by atoms with van der Waals surface area (Å²) in [6.45, 7) is 0. The molecule has 0 aromatic heterocycles. The average Bonchev–Trinajstić information content (AvgIpc) is 2.35. The molecule has 0 unspecified atom stereocenters. The van der Waals surface area contributed by atoms with E-state index in [0.29, 0.717) is 0 Å². The molecule has 1 nitrogen and oxygen atoms in total. The monoisotopic (exact) mass is 220 g/mol. The highest BCUT2D eigenvalue weighted by atomic mass is 15.1. The van der Waals surface area contributed by atoms with Gasteiger partial charge in [-0.25, -0.2) is 0 Å². The van der Waals surface area contributed by atoms with Crippen LogP contribution in [0.1, 0.15) is 0 Å². The highest BCUT2D eigenvalue weighted by Gasteiger charge is 2.00. The molecular formula is C16H14N. The molecule has 0 heterocycles. The summed E-state index contributed by atoms with van der Waals surface area (Å²) in [5, 5.41) is 4.85. The maximum Gasteiger partial charge on any atom is 0.0367 e. The molecule has 17 heavy (non-hydrogen) atoms. The zero-order valence-corrected chi connectivity index (χ0v) is 10.1. The van der Waals surface area contributed by atoms with Gasteiger partial charge in [0.05, 0.1) is 0 Å². The Bertz CT molecular complexity index is 683. The molecule has 0 spiro atoms. The van der Waals surface area contributed by atoms with Crippen molar-refractivity contribution in [3.8, 4) is 0 Å². The Labute approximate surface area is 101 Å². The molecule has 1 radical (unpaired) electrons. The topological polar surface area (TPSA) is 3.24 Å². The fourth-order valence-electron chi connectivity index (χ4n) is 2.11. The Balaban J connectivity index is 2.32. The van der Waals surface area contributed by atoms with E-state index in [-0.39, 0.29) is 0 Å². The van der Waals surface area contributed by atoms with Crippen LogP contribution in [0.4, 0.5) is 5.69 Å². The lowest BCUT2D eigenvalue weighted by Crippen LogP contribution is -2.07. The van der Waals surface area contributed by atoms with Gasteiger partial charge in [0.25, 0.3) is 0 Å². The number of benzene rings is 3. The van der Waals surface area contributed by atoms with Gasteiger partial charge in [-0.05, 0) is 45.8 Å². The van der Waals surface area contributed by atoms with Crippen LogP contribution in [0.25, 0.3) is 21.5 Å². The van der Waals surface area contributed by atoms with Gasteiger partial charge in [0.1, 0.15) is 0 Å². The lowest BCUT2D eigenvalue weighted by Gasteiger charge is -2.13. The molecule has 1 heteroatoms. The standard InChI is InChI=1S/C16H14N/c1-17(2)16-8-7-14-9-12-5-3-4-6-13(12)10-15(14)11-16/h3-9,11H,1-2H3. The van der Waals surface area contributed by atoms with Crippen molar-refractivity contribution in [3.63, 3.8) is 0 Å². The van der Waals surface area contributed by atoms with Crippen molar-refractivity contribution in [2.75, 3.05) is 19.0 Å². The molecule has 0 aliphatic rings. The highest BCUT2D eigenvalue weighted by molar-refractivity contribution is 5.98. The van der Waals surface area contributed by atoms with Crippen LogP contribution in [0, 0.1) is 6.07 Å². The minimum absolute atomic E-state index is 1.18. The van der Waals surface area contributed by atoms with E-state index in [1.54, 1.807) is 0 Å². The largest absolute Gasteiger partial charge is 0.378 e. The molecule has 0 saturated carbocycles. The smallest absolute Gasteiger partial charge is 0.0367 e. The first kappa shape index (κ1) is 10.2. The van der Waals surface area contributed by atoms with E-state index in [1.165, 1.54) is 27.2 Å². The Hall–Kier alpha value is -2.02. The van der Waals surface area contributed by atoms with Crippen molar-refractivity contribution in [2.45, 2.75) is 0 Å². The van der Waals surface area contributed by atoms with Crippen LogP contribution in [-0.4, -0.2) is 14.1 Å². The molecule has 0 fully saturated rings. The fourth-order valence-corrected chi connectivity index (χ4v) is 2.11. The molecule has 0 bridgehead atoms. The number of hydrogen-bond donors (Lipinski definition) is 0. The molecule has 83 valence electrons. The van der Waals surface area contributed by atoms with Crippen molar-refractivity contribution >= 4 is 27.2 Å². The van der Waals surface area contributed by atoms with Gasteiger partial charge in [-0.3, -0.25) is 0 Å². The van der Waals surface area contributed by atoms with Crippen molar-refractivity contribution < 1.29 is 0 Å². The van der Waals surface area contributed by atoms with E-state index in [1.807, 2.05) is 0 Å². The van der Waals surface area contributed by atoms with Crippen molar-refractivity contribution in [2.24, 2.45) is 0 Å². The van der Waals surface area contributed by atoms with Crippen LogP contribution >= 0.6 is 0 Å². The van der Waals surface area contributed by atoms with Gasteiger partial charge >= 0.3 is 0 Å². The molecule has 3 aromatic carbocycles. The van der Waals surface area contributed by atoms with Crippen LogP contribution < -0.4 is 4.90 Å². The average molecular weight is 220 g/mol. The van der Waals surface area contributed by atoms with Crippen molar-refractivity contribution in [1.29, 1.82) is 0 Å². The number of hydrogen-bond acceptors (Lipinski definition) is 1. The van der Waals surface area contributed by atoms with Crippen LogP contribution in [0.2, 0.25) is 0 Å². The third-order valence-electron chi connectivity index (χ3n) is 3.09. The summed E-state index contributed by atoms with van der Waals surface area (Å²) in [6, 6.07) is 20.5. The lowest BCUT2D eigenvalue weighted by atomic mass is 10.0. The first-order valence-corrected chi connectivity index (χ1v) is 5.76. The van der Waals surface area contributed by atoms with E-state index in [9.17, 15) is 0 Å². The van der Waals surface area contributed by atoms with Gasteiger partial charge in [0.2, 0.25) is 0 Å². The van der Waals surface area contributed by atoms with Gasteiger partial charge in [-0.2, -0.15) is 0 Å². The normalized spacial score (nSPS) is 10.9. The molecular weight excluding hydrogens is 206 g/mol. The number of anilines is 1. The molecule has 3 aromatic rings. The second-order valence-electron chi connectivity index (χ2n) is 4.52. The molecule has 0 N–H and O–H groups in total. The third kappa shape index (κ3) is 1.74. The summed E-state index contributed by atoms with van der Waals surface area (Å²) in [4.78, 5) is 2.11. The highest BCUT2D eigenvalue weighted by Crippen LogP contribution is 2.25. The number of rotatable bonds is 1.